The number of rotatable bonds is 9. The summed E-state index contributed by atoms with van der Waals surface area (Å²) < 4.78 is 7.78. The Morgan fingerprint density at radius 2 is 1.72 bits per heavy atom. The fourth-order valence-corrected chi connectivity index (χ4v) is 5.12. The van der Waals surface area contributed by atoms with Crippen LogP contribution < -0.4 is 4.74 Å². The Labute approximate surface area is 223 Å². The van der Waals surface area contributed by atoms with Crippen LogP contribution in [0.4, 0.5) is 0 Å². The number of aromatic nitrogens is 3. The summed E-state index contributed by atoms with van der Waals surface area (Å²) in [4.78, 5) is 11.2. The van der Waals surface area contributed by atoms with E-state index in [9.17, 15) is 10.1 Å². The summed E-state index contributed by atoms with van der Waals surface area (Å²) in [5.74, 6) is 1.36. The maximum Gasteiger partial charge on any atom is 0.220 e. The van der Waals surface area contributed by atoms with Gasteiger partial charge in [-0.3, -0.25) is 14.7 Å². The van der Waals surface area contributed by atoms with E-state index < -0.39 is 5.25 Å². The van der Waals surface area contributed by atoms with Crippen LogP contribution in [0.3, 0.4) is 0 Å². The van der Waals surface area contributed by atoms with Crippen molar-refractivity contribution in [3.05, 3.63) is 109 Å². The summed E-state index contributed by atoms with van der Waals surface area (Å²) in [6, 6.07) is 18.7. The van der Waals surface area contributed by atoms with Crippen LogP contribution in [0, 0.1) is 30.9 Å². The summed E-state index contributed by atoms with van der Waals surface area (Å²) in [7, 11) is 0. The first kappa shape index (κ1) is 26.0. The third-order valence-electron chi connectivity index (χ3n) is 5.75. The fourth-order valence-electron chi connectivity index (χ4n) is 3.63. The van der Waals surface area contributed by atoms with Gasteiger partial charge < -0.3 is 4.74 Å². The Bertz CT molecular complexity index is 1390. The molecule has 36 heavy (non-hydrogen) atoms. The number of ether oxygens (including phenoxy) is 1. The van der Waals surface area contributed by atoms with Crippen molar-refractivity contribution < 1.29 is 9.66 Å². The number of hydrogen-bond donors (Lipinski definition) is 0. The first-order chi connectivity index (χ1) is 17.2. The molecule has 0 saturated carbocycles. The van der Waals surface area contributed by atoms with Gasteiger partial charge in [-0.15, -0.1) is 10.2 Å². The monoisotopic (exact) mass is 542 g/mol. The molecule has 0 spiro atoms. The van der Waals surface area contributed by atoms with Crippen molar-refractivity contribution in [2.75, 3.05) is 6.54 Å². The number of thioether (sulfide) groups is 1. The molecular weight excluding hydrogens is 519 g/mol. The summed E-state index contributed by atoms with van der Waals surface area (Å²) in [5.41, 5.74) is 4.94. The smallest absolute Gasteiger partial charge is 0.220 e. The highest BCUT2D eigenvalue weighted by Crippen LogP contribution is 2.37. The van der Waals surface area contributed by atoms with Crippen molar-refractivity contribution in [2.45, 2.75) is 37.8 Å². The maximum atomic E-state index is 11.5. The van der Waals surface area contributed by atoms with Gasteiger partial charge in [-0.05, 0) is 79.4 Å². The minimum atomic E-state index is -0.460. The lowest BCUT2D eigenvalue weighted by atomic mass is 10.1. The number of hydrogen-bond acceptors (Lipinski definition) is 6. The Morgan fingerprint density at radius 3 is 2.39 bits per heavy atom. The largest absolute Gasteiger partial charge is 0.489 e. The van der Waals surface area contributed by atoms with Gasteiger partial charge in [-0.25, -0.2) is 0 Å². The molecule has 0 N–H and O–H groups in total. The van der Waals surface area contributed by atoms with E-state index in [1.54, 1.807) is 24.3 Å². The number of nitrogens with zero attached hydrogens (tertiary/aromatic N) is 4. The number of benzene rings is 3. The topological polar surface area (TPSA) is 83.1 Å². The number of nitro groups is 1. The van der Waals surface area contributed by atoms with Crippen LogP contribution in [0.5, 0.6) is 5.75 Å². The van der Waals surface area contributed by atoms with Crippen LogP contribution in [0.25, 0.3) is 5.69 Å². The average Bonchev–Trinajstić information content (AvgIpc) is 3.21. The summed E-state index contributed by atoms with van der Waals surface area (Å²) in [6.45, 7) is 6.04. The minimum Gasteiger partial charge on any atom is -0.489 e. The van der Waals surface area contributed by atoms with E-state index in [-0.39, 0.29) is 11.5 Å². The average molecular weight is 543 g/mol. The van der Waals surface area contributed by atoms with Crippen LogP contribution >= 0.6 is 35.0 Å². The lowest BCUT2D eigenvalue weighted by molar-refractivity contribution is -0.479. The second-order valence-corrected chi connectivity index (χ2v) is 10.3. The third kappa shape index (κ3) is 6.19. The van der Waals surface area contributed by atoms with E-state index in [4.69, 9.17) is 27.9 Å². The molecule has 4 aromatic rings. The fraction of sp³-hybridized carbons (Fsp3) is 0.231. The SMILES string of the molecule is Cc1ccc(-n2c(C)nnc2S[C@H](C[N+](=O)[O-])c2ccc(OCc3ccc(Cl)c(Cl)c3)cc2)cc1C. The highest BCUT2D eigenvalue weighted by atomic mass is 35.5. The van der Waals surface area contributed by atoms with Crippen LogP contribution in [0.2, 0.25) is 10.0 Å². The molecule has 10 heteroatoms. The molecule has 0 unspecified atom stereocenters. The van der Waals surface area contributed by atoms with Crippen LogP contribution in [-0.4, -0.2) is 26.2 Å². The molecule has 0 saturated heterocycles. The van der Waals surface area contributed by atoms with Crippen molar-refractivity contribution in [1.82, 2.24) is 14.8 Å². The third-order valence-corrected chi connectivity index (χ3v) is 7.67. The molecule has 1 heterocycles. The van der Waals surface area contributed by atoms with Gasteiger partial charge in [0.05, 0.1) is 10.0 Å². The zero-order valence-electron chi connectivity index (χ0n) is 19.9. The minimum absolute atomic E-state index is 0.257. The molecule has 1 atom stereocenters. The highest BCUT2D eigenvalue weighted by Gasteiger charge is 2.24. The molecule has 0 aliphatic carbocycles. The molecule has 7 nitrogen and oxygen atoms in total. The van der Waals surface area contributed by atoms with E-state index in [1.807, 2.05) is 48.7 Å². The molecule has 0 amide bonds. The standard InChI is InChI=1S/C26H24Cl2N4O3S/c1-16-4-8-21(12-17(16)2)32-18(3)29-30-26(32)36-25(14-31(33)34)20-6-9-22(10-7-20)35-15-19-5-11-23(27)24(28)13-19/h4-13,25H,14-15H2,1-3H3/t25-/m1/s1. The van der Waals surface area contributed by atoms with Gasteiger partial charge in [0.15, 0.2) is 5.16 Å². The van der Waals surface area contributed by atoms with E-state index >= 15 is 0 Å². The van der Waals surface area contributed by atoms with E-state index in [0.717, 1.165) is 22.4 Å². The van der Waals surface area contributed by atoms with Crippen LogP contribution in [0.1, 0.15) is 33.3 Å². The second kappa shape index (κ2) is 11.3. The first-order valence-corrected chi connectivity index (χ1v) is 12.8. The van der Waals surface area contributed by atoms with Crippen LogP contribution in [-0.2, 0) is 6.61 Å². The Balaban J connectivity index is 1.53. The van der Waals surface area contributed by atoms with Crippen molar-refractivity contribution >= 4 is 35.0 Å². The second-order valence-electron chi connectivity index (χ2n) is 8.36. The quantitative estimate of drug-likeness (QED) is 0.126. The predicted octanol–water partition coefficient (Wildman–Crippen LogP) is 7.19. The van der Waals surface area contributed by atoms with Gasteiger partial charge in [0, 0.05) is 10.6 Å². The molecule has 0 bridgehead atoms. The van der Waals surface area contributed by atoms with Gasteiger partial charge in [-0.2, -0.15) is 0 Å². The Kier molecular flexibility index (Phi) is 8.18. The Hall–Kier alpha value is -3.07. The zero-order chi connectivity index (χ0) is 25.8. The van der Waals surface area contributed by atoms with Gasteiger partial charge in [0.25, 0.3) is 0 Å². The summed E-state index contributed by atoms with van der Waals surface area (Å²) >= 11 is 13.4. The van der Waals surface area contributed by atoms with Gasteiger partial charge in [0.2, 0.25) is 6.54 Å². The van der Waals surface area contributed by atoms with E-state index in [2.05, 4.69) is 23.2 Å². The first-order valence-electron chi connectivity index (χ1n) is 11.2. The Morgan fingerprint density at radius 1 is 0.972 bits per heavy atom. The van der Waals surface area contributed by atoms with E-state index in [0.29, 0.717) is 33.4 Å². The molecule has 0 aliphatic heterocycles. The summed E-state index contributed by atoms with van der Waals surface area (Å²) in [6.07, 6.45) is 0. The maximum absolute atomic E-state index is 11.5. The molecule has 0 fully saturated rings. The molecule has 186 valence electrons. The molecule has 0 aliphatic rings. The van der Waals surface area contributed by atoms with Crippen molar-refractivity contribution in [3.8, 4) is 11.4 Å². The van der Waals surface area contributed by atoms with Crippen molar-refractivity contribution in [1.29, 1.82) is 0 Å². The highest BCUT2D eigenvalue weighted by molar-refractivity contribution is 7.99. The lowest BCUT2D eigenvalue weighted by Crippen LogP contribution is -2.11. The summed E-state index contributed by atoms with van der Waals surface area (Å²) in [5, 5.41) is 21.1. The van der Waals surface area contributed by atoms with Gasteiger partial charge >= 0.3 is 0 Å². The van der Waals surface area contributed by atoms with Gasteiger partial charge in [-0.1, -0.05) is 59.2 Å². The molecular formula is C26H24Cl2N4O3S. The number of aryl methyl sites for hydroxylation is 3. The molecule has 3 aromatic carbocycles. The molecule has 4 rings (SSSR count). The lowest BCUT2D eigenvalue weighted by Gasteiger charge is -2.15. The van der Waals surface area contributed by atoms with Crippen molar-refractivity contribution in [3.63, 3.8) is 0 Å². The molecule has 1 aromatic heterocycles. The predicted molar refractivity (Wildman–Crippen MR) is 143 cm³/mol. The normalized spacial score (nSPS) is 11.9. The zero-order valence-corrected chi connectivity index (χ0v) is 22.3. The van der Waals surface area contributed by atoms with Crippen LogP contribution in [0.15, 0.2) is 65.8 Å². The van der Waals surface area contributed by atoms with Crippen molar-refractivity contribution in [2.24, 2.45) is 0 Å². The number of halogens is 2. The molecule has 0 radical (unpaired) electrons. The van der Waals surface area contributed by atoms with E-state index in [1.165, 1.54) is 17.3 Å². The van der Waals surface area contributed by atoms with Gasteiger partial charge in [0.1, 0.15) is 23.4 Å².